The number of ether oxygens (including phenoxy) is 2. The van der Waals surface area contributed by atoms with Crippen LogP contribution in [0.4, 0.5) is 0 Å². The van der Waals surface area contributed by atoms with Gasteiger partial charge in [0.05, 0.1) is 24.4 Å². The fourth-order valence-electron chi connectivity index (χ4n) is 1.71. The molecule has 2 amide bonds. The molecule has 7 nitrogen and oxygen atoms in total. The summed E-state index contributed by atoms with van der Waals surface area (Å²) in [5.74, 6) is -0.405. The second kappa shape index (κ2) is 9.92. The molecule has 1 rings (SSSR count). The highest BCUT2D eigenvalue weighted by atomic mass is 79.9. The lowest BCUT2D eigenvalue weighted by molar-refractivity contribution is -0.139. The summed E-state index contributed by atoms with van der Waals surface area (Å²) in [6.07, 6.45) is 2.15. The van der Waals surface area contributed by atoms with Crippen molar-refractivity contribution in [3.63, 3.8) is 0 Å². The molecule has 1 aromatic carbocycles. The van der Waals surface area contributed by atoms with Crippen molar-refractivity contribution < 1.29 is 19.1 Å². The minimum absolute atomic E-state index is 0.0708. The van der Waals surface area contributed by atoms with Gasteiger partial charge in [0.15, 0.2) is 11.5 Å². The van der Waals surface area contributed by atoms with Crippen LogP contribution in [-0.2, 0) is 9.59 Å². The molecule has 0 fully saturated rings. The van der Waals surface area contributed by atoms with E-state index in [0.29, 0.717) is 28.1 Å². The van der Waals surface area contributed by atoms with Crippen LogP contribution in [0.3, 0.4) is 0 Å². The van der Waals surface area contributed by atoms with Gasteiger partial charge in [0.2, 0.25) is 0 Å². The summed E-state index contributed by atoms with van der Waals surface area (Å²) in [6.45, 7) is 6.11. The van der Waals surface area contributed by atoms with Gasteiger partial charge >= 0.3 is 11.8 Å². The topological polar surface area (TPSA) is 89.0 Å². The zero-order valence-corrected chi connectivity index (χ0v) is 15.8. The second-order valence-electron chi connectivity index (χ2n) is 4.95. The van der Waals surface area contributed by atoms with Crippen molar-refractivity contribution in [3.05, 3.63) is 22.2 Å². The monoisotopic (exact) mass is 399 g/mol. The first kappa shape index (κ1) is 20.0. The Bertz CT molecular complexity index is 620. The molecule has 0 radical (unpaired) electrons. The van der Waals surface area contributed by atoms with Crippen LogP contribution in [0, 0.1) is 0 Å². The molecule has 24 heavy (non-hydrogen) atoms. The van der Waals surface area contributed by atoms with E-state index in [1.165, 1.54) is 13.3 Å². The Balaban J connectivity index is 2.75. The highest BCUT2D eigenvalue weighted by Crippen LogP contribution is 2.36. The number of halogens is 1. The summed E-state index contributed by atoms with van der Waals surface area (Å²) in [7, 11) is 1.53. The molecule has 0 heterocycles. The lowest BCUT2D eigenvalue weighted by atomic mass is 10.2. The molecule has 0 spiro atoms. The molecule has 0 aliphatic rings. The van der Waals surface area contributed by atoms with Crippen LogP contribution in [0.1, 0.15) is 32.8 Å². The van der Waals surface area contributed by atoms with E-state index in [9.17, 15) is 9.59 Å². The number of hydrogen-bond acceptors (Lipinski definition) is 5. The molecular weight excluding hydrogens is 378 g/mol. The normalized spacial score (nSPS) is 11.9. The predicted octanol–water partition coefficient (Wildman–Crippen LogP) is 2.22. The first-order valence-electron chi connectivity index (χ1n) is 7.57. The summed E-state index contributed by atoms with van der Waals surface area (Å²) in [5.41, 5.74) is 2.86. The quantitative estimate of drug-likeness (QED) is 0.417. The summed E-state index contributed by atoms with van der Waals surface area (Å²) in [6, 6.07) is 3.41. The van der Waals surface area contributed by atoms with Crippen molar-refractivity contribution in [1.29, 1.82) is 0 Å². The lowest BCUT2D eigenvalue weighted by Crippen LogP contribution is -2.41. The molecule has 0 aliphatic heterocycles. The van der Waals surface area contributed by atoms with Crippen LogP contribution in [0.25, 0.3) is 0 Å². The third-order valence-electron chi connectivity index (χ3n) is 3.12. The first-order valence-corrected chi connectivity index (χ1v) is 8.36. The number of carbonyl (C=O) groups excluding carboxylic acids is 2. The maximum atomic E-state index is 11.6. The number of methoxy groups -OCH3 is 1. The molecule has 1 atom stereocenters. The second-order valence-corrected chi connectivity index (χ2v) is 5.80. The van der Waals surface area contributed by atoms with Crippen molar-refractivity contribution in [2.75, 3.05) is 13.7 Å². The van der Waals surface area contributed by atoms with E-state index >= 15 is 0 Å². The highest BCUT2D eigenvalue weighted by molar-refractivity contribution is 9.10. The van der Waals surface area contributed by atoms with E-state index in [4.69, 9.17) is 9.47 Å². The van der Waals surface area contributed by atoms with Gasteiger partial charge in [-0.2, -0.15) is 5.10 Å². The summed E-state index contributed by atoms with van der Waals surface area (Å²) < 4.78 is 11.5. The number of carbonyl (C=O) groups is 2. The van der Waals surface area contributed by atoms with Gasteiger partial charge in [-0.25, -0.2) is 5.43 Å². The van der Waals surface area contributed by atoms with Crippen LogP contribution < -0.4 is 20.2 Å². The number of hydrogen-bond donors (Lipinski definition) is 2. The first-order chi connectivity index (χ1) is 11.4. The van der Waals surface area contributed by atoms with E-state index in [2.05, 4.69) is 31.8 Å². The van der Waals surface area contributed by atoms with Crippen molar-refractivity contribution in [2.45, 2.75) is 33.2 Å². The van der Waals surface area contributed by atoms with E-state index < -0.39 is 11.8 Å². The summed E-state index contributed by atoms with van der Waals surface area (Å²) in [5, 5.41) is 6.34. The summed E-state index contributed by atoms with van der Waals surface area (Å²) >= 11 is 3.40. The molecule has 8 heteroatoms. The van der Waals surface area contributed by atoms with Crippen molar-refractivity contribution in [2.24, 2.45) is 5.10 Å². The third kappa shape index (κ3) is 5.84. The molecule has 0 aromatic heterocycles. The van der Waals surface area contributed by atoms with Crippen molar-refractivity contribution >= 4 is 34.0 Å². The number of rotatable bonds is 7. The molecule has 0 bridgehead atoms. The van der Waals surface area contributed by atoms with Crippen LogP contribution in [0.2, 0.25) is 0 Å². The predicted molar refractivity (Wildman–Crippen MR) is 95.5 cm³/mol. The van der Waals surface area contributed by atoms with Gasteiger partial charge in [-0.15, -0.1) is 0 Å². The molecule has 132 valence electrons. The van der Waals surface area contributed by atoms with E-state index in [0.717, 1.165) is 6.42 Å². The largest absolute Gasteiger partial charge is 0.493 e. The molecule has 0 unspecified atom stereocenters. The Kier molecular flexibility index (Phi) is 8.25. The van der Waals surface area contributed by atoms with Gasteiger partial charge in [0, 0.05) is 6.04 Å². The van der Waals surface area contributed by atoms with E-state index in [-0.39, 0.29) is 6.04 Å². The van der Waals surface area contributed by atoms with Gasteiger partial charge < -0.3 is 14.8 Å². The maximum Gasteiger partial charge on any atom is 0.329 e. The van der Waals surface area contributed by atoms with Crippen LogP contribution >= 0.6 is 15.9 Å². The van der Waals surface area contributed by atoms with Gasteiger partial charge in [-0.3, -0.25) is 9.59 Å². The Labute approximate surface area is 149 Å². The number of nitrogens with one attached hydrogen (secondary N) is 2. The van der Waals surface area contributed by atoms with E-state index in [1.807, 2.05) is 20.8 Å². The fraction of sp³-hybridized carbons (Fsp3) is 0.438. The number of hydrazone groups is 1. The zero-order valence-electron chi connectivity index (χ0n) is 14.2. The molecular formula is C16H22BrN3O4. The minimum Gasteiger partial charge on any atom is -0.493 e. The van der Waals surface area contributed by atoms with Crippen molar-refractivity contribution in [1.82, 2.24) is 10.7 Å². The van der Waals surface area contributed by atoms with Crippen LogP contribution in [0.5, 0.6) is 11.5 Å². The third-order valence-corrected chi connectivity index (χ3v) is 3.71. The smallest absolute Gasteiger partial charge is 0.329 e. The molecule has 0 aliphatic carbocycles. The molecule has 1 aromatic rings. The molecule has 2 N–H and O–H groups in total. The van der Waals surface area contributed by atoms with E-state index in [1.54, 1.807) is 12.1 Å². The molecule has 0 saturated carbocycles. The maximum absolute atomic E-state index is 11.6. The Hall–Kier alpha value is -2.09. The lowest BCUT2D eigenvalue weighted by Gasteiger charge is -2.12. The standard InChI is InChI=1S/C16H22BrN3O4/c1-5-10(3)19-15(21)16(22)20-18-9-11-7-12(17)14(24-6-2)13(8-11)23-4/h7-10H,5-6H2,1-4H3,(H,19,21)(H,20,22)/b18-9-/t10-/m0/s1. The Morgan fingerprint density at radius 1 is 1.33 bits per heavy atom. The average molecular weight is 400 g/mol. The van der Waals surface area contributed by atoms with Gasteiger partial charge in [0.25, 0.3) is 0 Å². The Morgan fingerprint density at radius 3 is 2.62 bits per heavy atom. The number of amides is 2. The fourth-order valence-corrected chi connectivity index (χ4v) is 2.28. The van der Waals surface area contributed by atoms with Crippen LogP contribution in [-0.4, -0.2) is 37.8 Å². The highest BCUT2D eigenvalue weighted by Gasteiger charge is 2.14. The van der Waals surface area contributed by atoms with Crippen molar-refractivity contribution in [3.8, 4) is 11.5 Å². The SMILES string of the molecule is CCOc1c(Br)cc(/C=N\NC(=O)C(=O)N[C@@H](C)CC)cc1OC. The van der Waals surface area contributed by atoms with Crippen LogP contribution in [0.15, 0.2) is 21.7 Å². The minimum atomic E-state index is -0.816. The molecule has 0 saturated heterocycles. The zero-order chi connectivity index (χ0) is 18.1. The summed E-state index contributed by atoms with van der Waals surface area (Å²) in [4.78, 5) is 23.2. The number of benzene rings is 1. The van der Waals surface area contributed by atoms with Gasteiger partial charge in [-0.1, -0.05) is 6.92 Å². The van der Waals surface area contributed by atoms with Gasteiger partial charge in [-0.05, 0) is 53.9 Å². The number of nitrogens with zero attached hydrogens (tertiary/aromatic N) is 1. The average Bonchev–Trinajstić information content (AvgIpc) is 2.56. The van der Waals surface area contributed by atoms with Gasteiger partial charge in [0.1, 0.15) is 0 Å². The Morgan fingerprint density at radius 2 is 2.04 bits per heavy atom.